The maximum absolute atomic E-state index is 12.4. The highest BCUT2D eigenvalue weighted by Gasteiger charge is 2.33. The first-order chi connectivity index (χ1) is 15.6. The largest absolute Gasteiger partial charge is 0.480 e. The first-order valence-corrected chi connectivity index (χ1v) is 11.2. The number of nitrogens with one attached hydrogen (secondary N) is 2. The van der Waals surface area contributed by atoms with Crippen molar-refractivity contribution < 1.29 is 24.2 Å². The molecule has 7 heteroatoms. The van der Waals surface area contributed by atoms with Crippen LogP contribution in [0.2, 0.25) is 0 Å². The molecule has 2 amide bonds. The van der Waals surface area contributed by atoms with Gasteiger partial charge in [0.15, 0.2) is 0 Å². The summed E-state index contributed by atoms with van der Waals surface area (Å²) in [5, 5.41) is 14.7. The third-order valence-electron chi connectivity index (χ3n) is 6.04. The van der Waals surface area contributed by atoms with Crippen LogP contribution in [0.5, 0.6) is 0 Å². The highest BCUT2D eigenvalue weighted by Crippen LogP contribution is 2.44. The van der Waals surface area contributed by atoms with Gasteiger partial charge in [-0.15, -0.1) is 0 Å². The number of carboxylic acids is 1. The maximum Gasteiger partial charge on any atom is 0.407 e. The fourth-order valence-electron chi connectivity index (χ4n) is 4.10. The Morgan fingerprint density at radius 2 is 1.55 bits per heavy atom. The summed E-state index contributed by atoms with van der Waals surface area (Å²) in [5.41, 5.74) is 4.00. The molecule has 0 radical (unpaired) electrons. The average Bonchev–Trinajstić information content (AvgIpc) is 3.08. The fraction of sp³-hybridized carbons (Fsp3) is 0.423. The van der Waals surface area contributed by atoms with Gasteiger partial charge in [-0.05, 0) is 34.1 Å². The Hall–Kier alpha value is -3.35. The zero-order valence-corrected chi connectivity index (χ0v) is 19.6. The molecule has 0 fully saturated rings. The molecule has 1 aliphatic rings. The van der Waals surface area contributed by atoms with Crippen LogP contribution in [-0.4, -0.2) is 42.3 Å². The Bertz CT molecular complexity index is 982. The van der Waals surface area contributed by atoms with E-state index in [0.717, 1.165) is 22.3 Å². The van der Waals surface area contributed by atoms with Gasteiger partial charge >= 0.3 is 12.1 Å². The Morgan fingerprint density at radius 3 is 2.06 bits per heavy atom. The Balaban J connectivity index is 1.48. The molecule has 33 heavy (non-hydrogen) atoms. The molecule has 1 aliphatic carbocycles. The lowest BCUT2D eigenvalue weighted by Crippen LogP contribution is -2.50. The lowest BCUT2D eigenvalue weighted by atomic mass is 9.86. The van der Waals surface area contributed by atoms with Crippen LogP contribution in [0.15, 0.2) is 48.5 Å². The van der Waals surface area contributed by atoms with E-state index in [4.69, 9.17) is 4.74 Å². The molecule has 2 unspecified atom stereocenters. The van der Waals surface area contributed by atoms with Crippen molar-refractivity contribution in [3.8, 4) is 11.1 Å². The number of alkyl carbamates (subject to hydrolysis) is 1. The van der Waals surface area contributed by atoms with E-state index in [1.54, 1.807) is 27.7 Å². The number of hydrogen-bond acceptors (Lipinski definition) is 4. The first-order valence-electron chi connectivity index (χ1n) is 11.2. The molecular weight excluding hydrogens is 420 g/mol. The van der Waals surface area contributed by atoms with Crippen molar-refractivity contribution in [3.05, 3.63) is 59.7 Å². The van der Waals surface area contributed by atoms with Gasteiger partial charge in [0.25, 0.3) is 0 Å². The molecule has 0 saturated carbocycles. The number of carbonyl (C=O) groups excluding carboxylic acids is 2. The summed E-state index contributed by atoms with van der Waals surface area (Å²) < 4.78 is 5.49. The molecule has 0 bridgehead atoms. The number of benzene rings is 2. The summed E-state index contributed by atoms with van der Waals surface area (Å²) in [6.07, 6.45) is -0.172. The monoisotopic (exact) mass is 452 g/mol. The number of aliphatic carboxylic acids is 1. The second-order valence-electron chi connectivity index (χ2n) is 9.59. The van der Waals surface area contributed by atoms with Crippen molar-refractivity contribution in [1.29, 1.82) is 0 Å². The van der Waals surface area contributed by atoms with Crippen molar-refractivity contribution in [2.45, 2.75) is 46.1 Å². The molecule has 0 aliphatic heterocycles. The van der Waals surface area contributed by atoms with Crippen molar-refractivity contribution in [2.75, 3.05) is 13.2 Å². The number of ether oxygens (including phenoxy) is 1. The number of carboxylic acid groups (broad SMARTS) is 1. The number of fused-ring (bicyclic) bond motifs is 3. The summed E-state index contributed by atoms with van der Waals surface area (Å²) in [6, 6.07) is 15.3. The van der Waals surface area contributed by atoms with Crippen LogP contribution < -0.4 is 10.6 Å². The van der Waals surface area contributed by atoms with Gasteiger partial charge in [-0.1, -0.05) is 76.2 Å². The van der Waals surface area contributed by atoms with Crippen LogP contribution in [-0.2, 0) is 14.3 Å². The Morgan fingerprint density at radius 1 is 1.00 bits per heavy atom. The molecule has 2 aromatic rings. The van der Waals surface area contributed by atoms with E-state index in [1.165, 1.54) is 0 Å². The second-order valence-corrected chi connectivity index (χ2v) is 9.59. The number of carbonyl (C=O) groups is 3. The summed E-state index contributed by atoms with van der Waals surface area (Å²) in [6.45, 7) is 7.46. The Kier molecular flexibility index (Phi) is 7.41. The third kappa shape index (κ3) is 5.72. The van der Waals surface area contributed by atoms with Crippen molar-refractivity contribution in [3.63, 3.8) is 0 Å². The van der Waals surface area contributed by atoms with Crippen LogP contribution in [0.3, 0.4) is 0 Å². The van der Waals surface area contributed by atoms with Gasteiger partial charge in [-0.3, -0.25) is 4.79 Å². The molecule has 0 spiro atoms. The van der Waals surface area contributed by atoms with Crippen LogP contribution in [0.25, 0.3) is 11.1 Å². The van der Waals surface area contributed by atoms with E-state index in [0.29, 0.717) is 6.42 Å². The van der Waals surface area contributed by atoms with Gasteiger partial charge in [0.05, 0.1) is 0 Å². The van der Waals surface area contributed by atoms with Gasteiger partial charge in [-0.25, -0.2) is 9.59 Å². The molecule has 3 N–H and O–H groups in total. The number of rotatable bonds is 8. The minimum atomic E-state index is -1.07. The quantitative estimate of drug-likeness (QED) is 0.558. The molecular formula is C26H32N2O5. The second kappa shape index (κ2) is 10.1. The molecule has 176 valence electrons. The Labute approximate surface area is 194 Å². The van der Waals surface area contributed by atoms with E-state index >= 15 is 0 Å². The summed E-state index contributed by atoms with van der Waals surface area (Å²) in [4.78, 5) is 36.1. The van der Waals surface area contributed by atoms with Crippen LogP contribution in [0.4, 0.5) is 4.79 Å². The third-order valence-corrected chi connectivity index (χ3v) is 6.04. The minimum Gasteiger partial charge on any atom is -0.480 e. The molecule has 2 aromatic carbocycles. The van der Waals surface area contributed by atoms with Crippen LogP contribution >= 0.6 is 0 Å². The smallest absolute Gasteiger partial charge is 0.407 e. The molecule has 3 rings (SSSR count). The lowest BCUT2D eigenvalue weighted by molar-refractivity contribution is -0.145. The predicted molar refractivity (Wildman–Crippen MR) is 126 cm³/mol. The summed E-state index contributed by atoms with van der Waals surface area (Å²) >= 11 is 0. The normalized spacial score (nSPS) is 14.5. The van der Waals surface area contributed by atoms with E-state index in [2.05, 4.69) is 34.9 Å². The highest BCUT2D eigenvalue weighted by atomic mass is 16.5. The molecule has 7 nitrogen and oxygen atoms in total. The van der Waals surface area contributed by atoms with Gasteiger partial charge in [0.1, 0.15) is 12.6 Å². The van der Waals surface area contributed by atoms with Gasteiger partial charge in [0, 0.05) is 18.4 Å². The summed E-state index contributed by atoms with van der Waals surface area (Å²) in [7, 11) is 0. The van der Waals surface area contributed by atoms with Crippen LogP contribution in [0.1, 0.15) is 51.2 Å². The number of hydrogen-bond donors (Lipinski definition) is 3. The SMILES string of the molecule is CC(CCNC(=O)OCC1c2ccccc2-c2ccccc21)C(=O)NC(C(=O)O)C(C)(C)C. The van der Waals surface area contributed by atoms with E-state index < -0.39 is 29.4 Å². The van der Waals surface area contributed by atoms with Crippen molar-refractivity contribution in [1.82, 2.24) is 10.6 Å². The molecule has 2 atom stereocenters. The zero-order valence-electron chi connectivity index (χ0n) is 19.6. The van der Waals surface area contributed by atoms with Crippen molar-refractivity contribution in [2.24, 2.45) is 11.3 Å². The topological polar surface area (TPSA) is 105 Å². The average molecular weight is 453 g/mol. The van der Waals surface area contributed by atoms with E-state index in [-0.39, 0.29) is 25.0 Å². The fourth-order valence-corrected chi connectivity index (χ4v) is 4.10. The first kappa shape index (κ1) is 24.3. The maximum atomic E-state index is 12.4. The van der Waals surface area contributed by atoms with E-state index in [1.807, 2.05) is 24.3 Å². The van der Waals surface area contributed by atoms with Gasteiger partial charge < -0.3 is 20.5 Å². The summed E-state index contributed by atoms with van der Waals surface area (Å²) in [5.74, 6) is -1.90. The van der Waals surface area contributed by atoms with Crippen LogP contribution in [0, 0.1) is 11.3 Å². The van der Waals surface area contributed by atoms with Gasteiger partial charge in [-0.2, -0.15) is 0 Å². The lowest BCUT2D eigenvalue weighted by Gasteiger charge is -2.28. The van der Waals surface area contributed by atoms with E-state index in [9.17, 15) is 19.5 Å². The zero-order chi connectivity index (χ0) is 24.2. The van der Waals surface area contributed by atoms with Gasteiger partial charge in [0.2, 0.25) is 5.91 Å². The van der Waals surface area contributed by atoms with Crippen molar-refractivity contribution >= 4 is 18.0 Å². The number of amides is 2. The highest BCUT2D eigenvalue weighted by molar-refractivity contribution is 5.85. The molecule has 0 heterocycles. The standard InChI is InChI=1S/C26H32N2O5/c1-16(23(29)28-22(24(30)31)26(2,3)4)13-14-27-25(32)33-15-21-19-11-7-5-9-17(19)18-10-6-8-12-20(18)21/h5-12,16,21-22H,13-15H2,1-4H3,(H,27,32)(H,28,29)(H,30,31). The molecule has 0 saturated heterocycles. The minimum absolute atomic E-state index is 0.0156. The molecule has 0 aromatic heterocycles. The predicted octanol–water partition coefficient (Wildman–Crippen LogP) is 4.17.